The summed E-state index contributed by atoms with van der Waals surface area (Å²) in [4.78, 5) is 25.0. The highest BCUT2D eigenvalue weighted by Gasteiger charge is 2.19. The lowest BCUT2D eigenvalue weighted by Crippen LogP contribution is -2.42. The highest BCUT2D eigenvalue weighted by molar-refractivity contribution is 5.80. The molecule has 1 heterocycles. The Morgan fingerprint density at radius 1 is 1.16 bits per heavy atom. The van der Waals surface area contributed by atoms with Gasteiger partial charge in [0, 0.05) is 19.5 Å². The Labute approximate surface area is 114 Å². The van der Waals surface area contributed by atoms with Crippen LogP contribution >= 0.6 is 0 Å². The molecular formula is C14H23NO4. The van der Waals surface area contributed by atoms with Crippen molar-refractivity contribution in [3.8, 4) is 0 Å². The van der Waals surface area contributed by atoms with Gasteiger partial charge in [0.1, 0.15) is 0 Å². The third-order valence-electron chi connectivity index (χ3n) is 3.95. The summed E-state index contributed by atoms with van der Waals surface area (Å²) in [7, 11) is 0. The molecule has 2 aliphatic rings. The second-order valence-corrected chi connectivity index (χ2v) is 5.34. The van der Waals surface area contributed by atoms with Crippen molar-refractivity contribution in [3.05, 3.63) is 0 Å². The number of carbonyl (C=O) groups is 2. The molecule has 0 unspecified atom stereocenters. The van der Waals surface area contributed by atoms with Gasteiger partial charge in [0.05, 0.1) is 13.2 Å². The molecule has 1 aliphatic carbocycles. The Balaban J connectivity index is 1.58. The average Bonchev–Trinajstić information content (AvgIpc) is 2.96. The Morgan fingerprint density at radius 3 is 2.53 bits per heavy atom. The third-order valence-corrected chi connectivity index (χ3v) is 3.95. The van der Waals surface area contributed by atoms with Crippen LogP contribution < -0.4 is 0 Å². The first-order valence-corrected chi connectivity index (χ1v) is 7.27. The van der Waals surface area contributed by atoms with Gasteiger partial charge in [-0.1, -0.05) is 25.7 Å². The molecule has 0 aromatic rings. The Kier molecular flexibility index (Phi) is 5.63. The SMILES string of the molecule is O=C(CCC1CCCC1)OCC(=O)N1CCOCC1. The smallest absolute Gasteiger partial charge is 0.306 e. The summed E-state index contributed by atoms with van der Waals surface area (Å²) in [6.07, 6.45) is 6.40. The second kappa shape index (κ2) is 7.48. The summed E-state index contributed by atoms with van der Waals surface area (Å²) in [5.41, 5.74) is 0. The van der Waals surface area contributed by atoms with E-state index in [9.17, 15) is 9.59 Å². The Hall–Kier alpha value is -1.10. The molecule has 0 spiro atoms. The van der Waals surface area contributed by atoms with E-state index in [1.165, 1.54) is 25.7 Å². The maximum absolute atomic E-state index is 11.8. The van der Waals surface area contributed by atoms with E-state index < -0.39 is 0 Å². The molecule has 0 N–H and O–H groups in total. The van der Waals surface area contributed by atoms with Crippen LogP contribution in [0.15, 0.2) is 0 Å². The number of ether oxygens (including phenoxy) is 2. The summed E-state index contributed by atoms with van der Waals surface area (Å²) in [6, 6.07) is 0. The summed E-state index contributed by atoms with van der Waals surface area (Å²) < 4.78 is 10.2. The highest BCUT2D eigenvalue weighted by atomic mass is 16.5. The molecule has 1 aliphatic heterocycles. The van der Waals surface area contributed by atoms with Crippen LogP contribution in [0.25, 0.3) is 0 Å². The normalized spacial score (nSPS) is 20.5. The van der Waals surface area contributed by atoms with Crippen LogP contribution in [0.3, 0.4) is 0 Å². The zero-order chi connectivity index (χ0) is 13.5. The topological polar surface area (TPSA) is 55.8 Å². The van der Waals surface area contributed by atoms with Crippen molar-refractivity contribution in [1.82, 2.24) is 4.90 Å². The Morgan fingerprint density at radius 2 is 1.84 bits per heavy atom. The molecule has 1 amide bonds. The van der Waals surface area contributed by atoms with Crippen LogP contribution in [0.1, 0.15) is 38.5 Å². The fraction of sp³-hybridized carbons (Fsp3) is 0.857. The molecule has 5 nitrogen and oxygen atoms in total. The first kappa shape index (κ1) is 14.3. The maximum atomic E-state index is 11.8. The minimum Gasteiger partial charge on any atom is -0.456 e. The minimum atomic E-state index is -0.242. The van der Waals surface area contributed by atoms with Crippen molar-refractivity contribution >= 4 is 11.9 Å². The standard InChI is InChI=1S/C14H23NO4/c16-13(15-7-9-18-10-8-15)11-19-14(17)6-5-12-3-1-2-4-12/h12H,1-11H2. The largest absolute Gasteiger partial charge is 0.456 e. The van der Waals surface area contributed by atoms with Gasteiger partial charge < -0.3 is 14.4 Å². The quantitative estimate of drug-likeness (QED) is 0.707. The van der Waals surface area contributed by atoms with Crippen molar-refractivity contribution < 1.29 is 19.1 Å². The van der Waals surface area contributed by atoms with E-state index in [0.29, 0.717) is 38.6 Å². The van der Waals surface area contributed by atoms with E-state index in [1.807, 2.05) is 0 Å². The van der Waals surface area contributed by atoms with E-state index in [4.69, 9.17) is 9.47 Å². The number of hydrogen-bond acceptors (Lipinski definition) is 4. The van der Waals surface area contributed by atoms with Gasteiger partial charge in [-0.15, -0.1) is 0 Å². The van der Waals surface area contributed by atoms with Gasteiger partial charge in [0.15, 0.2) is 6.61 Å². The number of esters is 1. The molecule has 2 rings (SSSR count). The van der Waals surface area contributed by atoms with Gasteiger partial charge >= 0.3 is 5.97 Å². The van der Waals surface area contributed by atoms with Gasteiger partial charge in [-0.05, 0) is 12.3 Å². The number of rotatable bonds is 5. The van der Waals surface area contributed by atoms with Crippen LogP contribution in [-0.4, -0.2) is 49.7 Å². The second-order valence-electron chi connectivity index (χ2n) is 5.34. The van der Waals surface area contributed by atoms with Crippen LogP contribution in [0.5, 0.6) is 0 Å². The predicted molar refractivity (Wildman–Crippen MR) is 69.6 cm³/mol. The number of nitrogens with zero attached hydrogens (tertiary/aromatic N) is 1. The van der Waals surface area contributed by atoms with Crippen molar-refractivity contribution in [2.24, 2.45) is 5.92 Å². The monoisotopic (exact) mass is 269 g/mol. The Bertz CT molecular complexity index is 307. The van der Waals surface area contributed by atoms with Gasteiger partial charge in [0.25, 0.3) is 5.91 Å². The molecule has 0 aromatic carbocycles. The van der Waals surface area contributed by atoms with Crippen LogP contribution in [-0.2, 0) is 19.1 Å². The molecule has 0 radical (unpaired) electrons. The summed E-state index contributed by atoms with van der Waals surface area (Å²) in [5.74, 6) is 0.327. The predicted octanol–water partition coefficient (Wildman–Crippen LogP) is 1.36. The lowest BCUT2D eigenvalue weighted by atomic mass is 10.0. The lowest BCUT2D eigenvalue weighted by Gasteiger charge is -2.26. The van der Waals surface area contributed by atoms with E-state index in [2.05, 4.69) is 0 Å². The van der Waals surface area contributed by atoms with Crippen molar-refractivity contribution in [2.75, 3.05) is 32.9 Å². The van der Waals surface area contributed by atoms with Gasteiger partial charge in [-0.25, -0.2) is 0 Å². The van der Waals surface area contributed by atoms with E-state index in [-0.39, 0.29) is 18.5 Å². The van der Waals surface area contributed by atoms with Crippen LogP contribution in [0.2, 0.25) is 0 Å². The van der Waals surface area contributed by atoms with Gasteiger partial charge in [-0.2, -0.15) is 0 Å². The summed E-state index contributed by atoms with van der Waals surface area (Å²) in [5, 5.41) is 0. The molecule has 1 saturated heterocycles. The molecule has 108 valence electrons. The summed E-state index contributed by atoms with van der Waals surface area (Å²) in [6.45, 7) is 2.21. The van der Waals surface area contributed by atoms with Crippen molar-refractivity contribution in [2.45, 2.75) is 38.5 Å². The van der Waals surface area contributed by atoms with Gasteiger partial charge in [0.2, 0.25) is 0 Å². The molecule has 2 fully saturated rings. The molecule has 19 heavy (non-hydrogen) atoms. The van der Waals surface area contributed by atoms with E-state index >= 15 is 0 Å². The van der Waals surface area contributed by atoms with E-state index in [0.717, 1.165) is 6.42 Å². The fourth-order valence-corrected chi connectivity index (χ4v) is 2.74. The zero-order valence-electron chi connectivity index (χ0n) is 11.4. The highest BCUT2D eigenvalue weighted by Crippen LogP contribution is 2.28. The number of hydrogen-bond donors (Lipinski definition) is 0. The number of amides is 1. The molecule has 0 bridgehead atoms. The van der Waals surface area contributed by atoms with Crippen LogP contribution in [0, 0.1) is 5.92 Å². The van der Waals surface area contributed by atoms with E-state index in [1.54, 1.807) is 4.90 Å². The number of carbonyl (C=O) groups excluding carboxylic acids is 2. The maximum Gasteiger partial charge on any atom is 0.306 e. The third kappa shape index (κ3) is 4.82. The zero-order valence-corrected chi connectivity index (χ0v) is 11.4. The molecule has 0 atom stereocenters. The first-order chi connectivity index (χ1) is 9.25. The average molecular weight is 269 g/mol. The molecule has 1 saturated carbocycles. The molecular weight excluding hydrogens is 246 g/mol. The van der Waals surface area contributed by atoms with Crippen molar-refractivity contribution in [1.29, 1.82) is 0 Å². The first-order valence-electron chi connectivity index (χ1n) is 7.27. The van der Waals surface area contributed by atoms with Crippen LogP contribution in [0.4, 0.5) is 0 Å². The lowest BCUT2D eigenvalue weighted by molar-refractivity contribution is -0.153. The fourth-order valence-electron chi connectivity index (χ4n) is 2.74. The molecule has 5 heteroatoms. The summed E-state index contributed by atoms with van der Waals surface area (Å²) >= 11 is 0. The number of morpholine rings is 1. The molecule has 0 aromatic heterocycles. The van der Waals surface area contributed by atoms with Gasteiger partial charge in [-0.3, -0.25) is 9.59 Å². The van der Waals surface area contributed by atoms with Crippen molar-refractivity contribution in [3.63, 3.8) is 0 Å². The minimum absolute atomic E-state index is 0.113.